The molecule has 0 aliphatic heterocycles. The largest absolute Gasteiger partial charge is 0.513 e. The molecule has 6 nitrogen and oxygen atoms in total. The number of carbonyl (C=O) groups excluding carboxylic acids is 1. The van der Waals surface area contributed by atoms with Gasteiger partial charge in [0.25, 0.3) is 5.69 Å². The van der Waals surface area contributed by atoms with Crippen molar-refractivity contribution in [1.29, 1.82) is 0 Å². The van der Waals surface area contributed by atoms with Gasteiger partial charge in [-0.25, -0.2) is 4.79 Å². The maximum absolute atomic E-state index is 10.9. The van der Waals surface area contributed by atoms with Crippen LogP contribution < -0.4 is 4.74 Å². The third-order valence-corrected chi connectivity index (χ3v) is 1.51. The summed E-state index contributed by atoms with van der Waals surface area (Å²) < 4.78 is 9.23. The van der Waals surface area contributed by atoms with E-state index < -0.39 is 11.1 Å². The molecule has 80 valence electrons. The van der Waals surface area contributed by atoms with Gasteiger partial charge in [0, 0.05) is 12.1 Å². The molecular formula is C9H9NO5. The lowest BCUT2D eigenvalue weighted by molar-refractivity contribution is -0.384. The first kappa shape index (κ1) is 11.0. The Morgan fingerprint density at radius 2 is 2.00 bits per heavy atom. The number of nitro groups is 1. The number of rotatable bonds is 3. The predicted molar refractivity (Wildman–Crippen MR) is 50.7 cm³/mol. The number of benzene rings is 1. The van der Waals surface area contributed by atoms with Crippen molar-refractivity contribution in [1.82, 2.24) is 0 Å². The Morgan fingerprint density at radius 1 is 1.40 bits per heavy atom. The van der Waals surface area contributed by atoms with Crippen LogP contribution in [0.15, 0.2) is 24.3 Å². The molecule has 0 unspecified atom stereocenters. The summed E-state index contributed by atoms with van der Waals surface area (Å²) in [5.74, 6) is 0.207. The molecule has 6 heteroatoms. The number of non-ortho nitro benzene ring substituents is 1. The number of ether oxygens (including phenoxy) is 2. The van der Waals surface area contributed by atoms with E-state index in [2.05, 4.69) is 4.74 Å². The van der Waals surface area contributed by atoms with E-state index in [1.54, 1.807) is 6.92 Å². The zero-order valence-electron chi connectivity index (χ0n) is 8.00. The van der Waals surface area contributed by atoms with E-state index >= 15 is 0 Å². The predicted octanol–water partition coefficient (Wildman–Crippen LogP) is 2.13. The number of nitrogens with zero attached hydrogens (tertiary/aromatic N) is 1. The first-order valence-corrected chi connectivity index (χ1v) is 4.22. The van der Waals surface area contributed by atoms with Crippen LogP contribution in [0.5, 0.6) is 5.75 Å². The fourth-order valence-electron chi connectivity index (χ4n) is 0.879. The highest BCUT2D eigenvalue weighted by Crippen LogP contribution is 2.17. The second kappa shape index (κ2) is 4.94. The van der Waals surface area contributed by atoms with Gasteiger partial charge in [0.1, 0.15) is 5.75 Å². The molecule has 1 rings (SSSR count). The molecule has 1 aromatic rings. The average molecular weight is 211 g/mol. The Balaban J connectivity index is 2.64. The van der Waals surface area contributed by atoms with Crippen molar-refractivity contribution in [2.24, 2.45) is 0 Å². The molecule has 0 aromatic heterocycles. The fourth-order valence-corrected chi connectivity index (χ4v) is 0.879. The molecule has 0 radical (unpaired) electrons. The van der Waals surface area contributed by atoms with Gasteiger partial charge in [-0.3, -0.25) is 10.1 Å². The first-order valence-electron chi connectivity index (χ1n) is 4.22. The van der Waals surface area contributed by atoms with Crippen LogP contribution in [-0.4, -0.2) is 17.7 Å². The van der Waals surface area contributed by atoms with Gasteiger partial charge in [0.2, 0.25) is 0 Å². The van der Waals surface area contributed by atoms with Crippen LogP contribution in [0, 0.1) is 10.1 Å². The van der Waals surface area contributed by atoms with Crippen LogP contribution in [0.1, 0.15) is 6.92 Å². The van der Waals surface area contributed by atoms with Gasteiger partial charge >= 0.3 is 6.16 Å². The summed E-state index contributed by atoms with van der Waals surface area (Å²) in [6.45, 7) is 1.86. The van der Waals surface area contributed by atoms with E-state index in [0.29, 0.717) is 0 Å². The Kier molecular flexibility index (Phi) is 3.61. The third-order valence-electron chi connectivity index (χ3n) is 1.51. The highest BCUT2D eigenvalue weighted by atomic mass is 16.7. The number of hydrogen-bond acceptors (Lipinski definition) is 5. The van der Waals surface area contributed by atoms with Crippen molar-refractivity contribution in [3.63, 3.8) is 0 Å². The van der Waals surface area contributed by atoms with Gasteiger partial charge in [-0.15, -0.1) is 0 Å². The van der Waals surface area contributed by atoms with Gasteiger partial charge < -0.3 is 9.47 Å². The molecule has 0 heterocycles. The second-order valence-electron chi connectivity index (χ2n) is 2.54. The zero-order valence-corrected chi connectivity index (χ0v) is 8.00. The standard InChI is InChI=1S/C9H9NO5/c1-2-14-9(11)15-8-5-3-7(4-6-8)10(12)13/h3-6H,2H2,1H3. The number of hydrogen-bond donors (Lipinski definition) is 0. The molecule has 15 heavy (non-hydrogen) atoms. The molecule has 0 N–H and O–H groups in total. The summed E-state index contributed by atoms with van der Waals surface area (Å²) in [6.07, 6.45) is -0.827. The fraction of sp³-hybridized carbons (Fsp3) is 0.222. The van der Waals surface area contributed by atoms with Crippen molar-refractivity contribution in [3.8, 4) is 5.75 Å². The lowest BCUT2D eigenvalue weighted by Crippen LogP contribution is -2.09. The van der Waals surface area contributed by atoms with Crippen LogP contribution in [-0.2, 0) is 4.74 Å². The molecule has 1 aromatic carbocycles. The molecule has 0 atom stereocenters. The molecule has 0 fully saturated rings. The Morgan fingerprint density at radius 3 is 2.47 bits per heavy atom. The summed E-state index contributed by atoms with van der Waals surface area (Å²) in [5, 5.41) is 10.3. The molecule has 0 aliphatic carbocycles. The number of carbonyl (C=O) groups is 1. The Bertz CT molecular complexity index is 359. The SMILES string of the molecule is CCOC(=O)Oc1ccc([N+](=O)[O-])cc1. The summed E-state index contributed by atoms with van der Waals surface area (Å²) in [4.78, 5) is 20.6. The lowest BCUT2D eigenvalue weighted by atomic mass is 10.3. The molecule has 0 spiro atoms. The zero-order chi connectivity index (χ0) is 11.3. The molecule has 0 saturated carbocycles. The van der Waals surface area contributed by atoms with Crippen LogP contribution in [0.3, 0.4) is 0 Å². The minimum absolute atomic E-state index is 0.0637. The maximum Gasteiger partial charge on any atom is 0.513 e. The highest BCUT2D eigenvalue weighted by Gasteiger charge is 2.07. The van der Waals surface area contributed by atoms with Crippen molar-refractivity contribution in [2.45, 2.75) is 6.92 Å². The highest BCUT2D eigenvalue weighted by molar-refractivity contribution is 5.63. The van der Waals surface area contributed by atoms with Crippen LogP contribution in [0.2, 0.25) is 0 Å². The molecule has 0 aliphatic rings. The quantitative estimate of drug-likeness (QED) is 0.331. The van der Waals surface area contributed by atoms with Crippen molar-refractivity contribution < 1.29 is 19.2 Å². The average Bonchev–Trinajstić information content (AvgIpc) is 2.18. The Hall–Kier alpha value is -2.11. The van der Waals surface area contributed by atoms with Crippen LogP contribution in [0.25, 0.3) is 0 Å². The normalized spacial score (nSPS) is 9.40. The molecule has 0 bridgehead atoms. The minimum atomic E-state index is -0.827. The topological polar surface area (TPSA) is 78.7 Å². The van der Waals surface area contributed by atoms with Crippen LogP contribution in [0.4, 0.5) is 10.5 Å². The van der Waals surface area contributed by atoms with E-state index in [1.165, 1.54) is 24.3 Å². The maximum atomic E-state index is 10.9. The first-order chi connectivity index (χ1) is 7.13. The van der Waals surface area contributed by atoms with Gasteiger partial charge in [-0.2, -0.15) is 0 Å². The van der Waals surface area contributed by atoms with E-state index in [0.717, 1.165) is 0 Å². The van der Waals surface area contributed by atoms with E-state index in [-0.39, 0.29) is 18.0 Å². The van der Waals surface area contributed by atoms with Gasteiger partial charge in [0.05, 0.1) is 11.5 Å². The molecular weight excluding hydrogens is 202 g/mol. The summed E-state index contributed by atoms with van der Waals surface area (Å²) in [5.41, 5.74) is -0.0637. The summed E-state index contributed by atoms with van der Waals surface area (Å²) in [6, 6.07) is 5.15. The van der Waals surface area contributed by atoms with E-state index in [1.807, 2.05) is 0 Å². The second-order valence-corrected chi connectivity index (χ2v) is 2.54. The van der Waals surface area contributed by atoms with Crippen molar-refractivity contribution >= 4 is 11.8 Å². The van der Waals surface area contributed by atoms with Crippen molar-refractivity contribution in [3.05, 3.63) is 34.4 Å². The Labute approximate surface area is 85.6 Å². The lowest BCUT2D eigenvalue weighted by Gasteiger charge is -2.02. The molecule has 0 amide bonds. The monoisotopic (exact) mass is 211 g/mol. The van der Waals surface area contributed by atoms with Gasteiger partial charge in [0.15, 0.2) is 0 Å². The smallest absolute Gasteiger partial charge is 0.434 e. The van der Waals surface area contributed by atoms with Crippen molar-refractivity contribution in [2.75, 3.05) is 6.61 Å². The summed E-state index contributed by atoms with van der Waals surface area (Å²) >= 11 is 0. The van der Waals surface area contributed by atoms with E-state index in [4.69, 9.17) is 4.74 Å². The molecule has 0 saturated heterocycles. The third kappa shape index (κ3) is 3.26. The van der Waals surface area contributed by atoms with E-state index in [9.17, 15) is 14.9 Å². The van der Waals surface area contributed by atoms with Crippen LogP contribution >= 0.6 is 0 Å². The summed E-state index contributed by atoms with van der Waals surface area (Å²) in [7, 11) is 0. The number of nitro benzene ring substituents is 1. The van der Waals surface area contributed by atoms with Gasteiger partial charge in [-0.05, 0) is 19.1 Å². The van der Waals surface area contributed by atoms with Gasteiger partial charge in [-0.1, -0.05) is 0 Å². The minimum Gasteiger partial charge on any atom is -0.434 e.